The van der Waals surface area contributed by atoms with Gasteiger partial charge in [0.15, 0.2) is 0 Å². The zero-order valence-electron chi connectivity index (χ0n) is 11.7. The molecule has 0 atom stereocenters. The van der Waals surface area contributed by atoms with Gasteiger partial charge in [0.2, 0.25) is 5.78 Å². The molecular formula is C16H18O3S. The van der Waals surface area contributed by atoms with Crippen LogP contribution < -0.4 is 4.74 Å². The van der Waals surface area contributed by atoms with Crippen LogP contribution in [0, 0.1) is 0 Å². The summed E-state index contributed by atoms with van der Waals surface area (Å²) in [7, 11) is 1.62. The Morgan fingerprint density at radius 1 is 1.15 bits per heavy atom. The standard InChI is InChI=1S/C16H18O3S/c1-3-12-8-9-15(20-12)16(17)13-6-4-5-7-14(13)19-11-10-18-2/h4-9H,3,10-11H2,1-2H3. The van der Waals surface area contributed by atoms with Gasteiger partial charge in [0.05, 0.1) is 17.0 Å². The van der Waals surface area contributed by atoms with Gasteiger partial charge in [-0.3, -0.25) is 4.79 Å². The summed E-state index contributed by atoms with van der Waals surface area (Å²) in [5, 5.41) is 0. The van der Waals surface area contributed by atoms with E-state index in [2.05, 4.69) is 6.92 Å². The predicted octanol–water partition coefficient (Wildman–Crippen LogP) is 3.57. The number of ether oxygens (including phenoxy) is 2. The Morgan fingerprint density at radius 3 is 2.65 bits per heavy atom. The average Bonchev–Trinajstić information content (AvgIpc) is 2.96. The molecular weight excluding hydrogens is 272 g/mol. The molecule has 1 heterocycles. The quantitative estimate of drug-likeness (QED) is 0.577. The first kappa shape index (κ1) is 14.8. The maximum Gasteiger partial charge on any atom is 0.206 e. The summed E-state index contributed by atoms with van der Waals surface area (Å²) < 4.78 is 10.6. The number of hydrogen-bond acceptors (Lipinski definition) is 4. The molecule has 1 aromatic heterocycles. The van der Waals surface area contributed by atoms with Gasteiger partial charge in [0.25, 0.3) is 0 Å². The van der Waals surface area contributed by atoms with Crippen molar-refractivity contribution in [3.63, 3.8) is 0 Å². The molecule has 106 valence electrons. The van der Waals surface area contributed by atoms with Crippen molar-refractivity contribution in [3.05, 3.63) is 51.7 Å². The number of benzene rings is 1. The zero-order valence-corrected chi connectivity index (χ0v) is 12.5. The van der Waals surface area contributed by atoms with Crippen molar-refractivity contribution in [2.45, 2.75) is 13.3 Å². The van der Waals surface area contributed by atoms with E-state index in [1.807, 2.05) is 30.3 Å². The Labute approximate surface area is 123 Å². The maximum atomic E-state index is 12.5. The van der Waals surface area contributed by atoms with Gasteiger partial charge in [-0.25, -0.2) is 0 Å². The first-order valence-corrected chi connectivity index (χ1v) is 7.42. The van der Waals surface area contributed by atoms with Crippen LogP contribution in [0.4, 0.5) is 0 Å². The SMILES string of the molecule is CCc1ccc(C(=O)c2ccccc2OCCOC)s1. The third kappa shape index (κ3) is 3.46. The van der Waals surface area contributed by atoms with Crippen LogP contribution in [0.2, 0.25) is 0 Å². The number of carbonyl (C=O) groups is 1. The highest BCUT2D eigenvalue weighted by molar-refractivity contribution is 7.14. The van der Waals surface area contributed by atoms with Crippen molar-refractivity contribution in [1.82, 2.24) is 0 Å². The minimum absolute atomic E-state index is 0.0164. The molecule has 0 aliphatic carbocycles. The van der Waals surface area contributed by atoms with Crippen molar-refractivity contribution < 1.29 is 14.3 Å². The first-order chi connectivity index (χ1) is 9.76. The molecule has 1 aromatic carbocycles. The van der Waals surface area contributed by atoms with Gasteiger partial charge in [-0.15, -0.1) is 11.3 Å². The number of methoxy groups -OCH3 is 1. The number of ketones is 1. The summed E-state index contributed by atoms with van der Waals surface area (Å²) >= 11 is 1.54. The third-order valence-corrected chi connectivity index (χ3v) is 4.14. The summed E-state index contributed by atoms with van der Waals surface area (Å²) in [5.74, 6) is 0.628. The number of aryl methyl sites for hydroxylation is 1. The van der Waals surface area contributed by atoms with Crippen molar-refractivity contribution in [2.24, 2.45) is 0 Å². The monoisotopic (exact) mass is 290 g/mol. The van der Waals surface area contributed by atoms with Crippen LogP contribution in [-0.4, -0.2) is 26.1 Å². The minimum Gasteiger partial charge on any atom is -0.490 e. The number of thiophene rings is 1. The van der Waals surface area contributed by atoms with Gasteiger partial charge in [-0.1, -0.05) is 19.1 Å². The van der Waals surface area contributed by atoms with E-state index in [1.54, 1.807) is 24.5 Å². The van der Waals surface area contributed by atoms with Crippen LogP contribution in [0.5, 0.6) is 5.75 Å². The summed E-state index contributed by atoms with van der Waals surface area (Å²) in [6, 6.07) is 11.2. The molecule has 0 amide bonds. The van der Waals surface area contributed by atoms with Gasteiger partial charge in [0, 0.05) is 12.0 Å². The van der Waals surface area contributed by atoms with E-state index in [-0.39, 0.29) is 5.78 Å². The van der Waals surface area contributed by atoms with E-state index in [4.69, 9.17) is 9.47 Å². The molecule has 0 N–H and O–H groups in total. The van der Waals surface area contributed by atoms with E-state index < -0.39 is 0 Å². The average molecular weight is 290 g/mol. The topological polar surface area (TPSA) is 35.5 Å². The fourth-order valence-corrected chi connectivity index (χ4v) is 2.74. The van der Waals surface area contributed by atoms with Gasteiger partial charge in [0.1, 0.15) is 12.4 Å². The molecule has 0 aliphatic heterocycles. The summed E-state index contributed by atoms with van der Waals surface area (Å²) in [5.41, 5.74) is 0.605. The lowest BCUT2D eigenvalue weighted by molar-refractivity contribution is 0.103. The van der Waals surface area contributed by atoms with Gasteiger partial charge in [-0.05, 0) is 30.7 Å². The first-order valence-electron chi connectivity index (χ1n) is 6.60. The molecule has 0 spiro atoms. The highest BCUT2D eigenvalue weighted by atomic mass is 32.1. The smallest absolute Gasteiger partial charge is 0.206 e. The Hall–Kier alpha value is -1.65. The fraction of sp³-hybridized carbons (Fsp3) is 0.312. The fourth-order valence-electron chi connectivity index (χ4n) is 1.84. The van der Waals surface area contributed by atoms with E-state index in [0.717, 1.165) is 11.3 Å². The predicted molar refractivity (Wildman–Crippen MR) is 80.9 cm³/mol. The lowest BCUT2D eigenvalue weighted by Gasteiger charge is -2.09. The minimum atomic E-state index is 0.0164. The van der Waals surface area contributed by atoms with Crippen molar-refractivity contribution in [2.75, 3.05) is 20.3 Å². The van der Waals surface area contributed by atoms with Crippen molar-refractivity contribution in [3.8, 4) is 5.75 Å². The molecule has 2 rings (SSSR count). The molecule has 4 heteroatoms. The second-order valence-corrected chi connectivity index (χ2v) is 5.45. The highest BCUT2D eigenvalue weighted by Gasteiger charge is 2.16. The van der Waals surface area contributed by atoms with Gasteiger partial charge in [-0.2, -0.15) is 0 Å². The number of rotatable bonds is 7. The number of carbonyl (C=O) groups excluding carboxylic acids is 1. The normalized spacial score (nSPS) is 10.5. The van der Waals surface area contributed by atoms with Crippen LogP contribution in [0.15, 0.2) is 36.4 Å². The van der Waals surface area contributed by atoms with E-state index in [9.17, 15) is 4.79 Å². The summed E-state index contributed by atoms with van der Waals surface area (Å²) in [6.07, 6.45) is 0.948. The summed E-state index contributed by atoms with van der Waals surface area (Å²) in [4.78, 5) is 14.5. The molecule has 20 heavy (non-hydrogen) atoms. The molecule has 0 fully saturated rings. The maximum absolute atomic E-state index is 12.5. The molecule has 0 saturated carbocycles. The Morgan fingerprint density at radius 2 is 1.95 bits per heavy atom. The van der Waals surface area contributed by atoms with E-state index >= 15 is 0 Å². The molecule has 0 radical (unpaired) electrons. The molecule has 0 saturated heterocycles. The number of hydrogen-bond donors (Lipinski definition) is 0. The third-order valence-electron chi connectivity index (χ3n) is 2.91. The van der Waals surface area contributed by atoms with Gasteiger partial charge < -0.3 is 9.47 Å². The molecule has 3 nitrogen and oxygen atoms in total. The highest BCUT2D eigenvalue weighted by Crippen LogP contribution is 2.25. The van der Waals surface area contributed by atoms with Crippen molar-refractivity contribution in [1.29, 1.82) is 0 Å². The Balaban J connectivity index is 2.20. The van der Waals surface area contributed by atoms with Crippen molar-refractivity contribution >= 4 is 17.1 Å². The van der Waals surface area contributed by atoms with Crippen LogP contribution in [0.25, 0.3) is 0 Å². The Kier molecular flexibility index (Phi) is 5.32. The number of para-hydroxylation sites is 1. The van der Waals surface area contributed by atoms with E-state index in [1.165, 1.54) is 4.88 Å². The van der Waals surface area contributed by atoms with E-state index in [0.29, 0.717) is 24.5 Å². The van der Waals surface area contributed by atoms with Crippen LogP contribution >= 0.6 is 11.3 Å². The van der Waals surface area contributed by atoms with Gasteiger partial charge >= 0.3 is 0 Å². The Bertz CT molecular complexity index is 575. The molecule has 0 unspecified atom stereocenters. The van der Waals surface area contributed by atoms with Crippen LogP contribution in [0.3, 0.4) is 0 Å². The zero-order chi connectivity index (χ0) is 14.4. The molecule has 2 aromatic rings. The lowest BCUT2D eigenvalue weighted by atomic mass is 10.1. The lowest BCUT2D eigenvalue weighted by Crippen LogP contribution is -2.08. The molecule has 0 aliphatic rings. The summed E-state index contributed by atoms with van der Waals surface area (Å²) in [6.45, 7) is 3.02. The van der Waals surface area contributed by atoms with Crippen LogP contribution in [0.1, 0.15) is 27.0 Å². The second-order valence-electron chi connectivity index (χ2n) is 4.29. The van der Waals surface area contributed by atoms with Crippen LogP contribution in [-0.2, 0) is 11.2 Å². The second kappa shape index (κ2) is 7.22. The molecule has 0 bridgehead atoms. The largest absolute Gasteiger partial charge is 0.490 e.